The first-order chi connectivity index (χ1) is 14.1. The number of ether oxygens (including phenoxy) is 1. The minimum atomic E-state index is -0.223. The van der Waals surface area contributed by atoms with E-state index < -0.39 is 0 Å². The van der Waals surface area contributed by atoms with Gasteiger partial charge in [-0.3, -0.25) is 0 Å². The SMILES string of the molecule is Fc1cc(Br)cc2c1C1Cc3cc(Br)ccc3N1C(c1cc3c(s1)CCCC3)O2. The quantitative estimate of drug-likeness (QED) is 0.320. The second kappa shape index (κ2) is 6.82. The van der Waals surface area contributed by atoms with Crippen molar-refractivity contribution < 1.29 is 9.13 Å². The lowest BCUT2D eigenvalue weighted by molar-refractivity contribution is 0.168. The molecule has 2 aromatic carbocycles. The monoisotopic (exact) mass is 533 g/mol. The third kappa shape index (κ3) is 2.90. The molecular formula is C23H18Br2FNOS. The number of aryl methyl sites for hydroxylation is 2. The highest BCUT2D eigenvalue weighted by Crippen LogP contribution is 2.54. The van der Waals surface area contributed by atoms with Crippen molar-refractivity contribution in [2.75, 3.05) is 4.90 Å². The van der Waals surface area contributed by atoms with Crippen LogP contribution < -0.4 is 9.64 Å². The number of fused-ring (bicyclic) bond motifs is 6. The van der Waals surface area contributed by atoms with E-state index in [1.165, 1.54) is 33.7 Å². The van der Waals surface area contributed by atoms with Gasteiger partial charge in [0.15, 0.2) is 0 Å². The molecule has 2 unspecified atom stereocenters. The first-order valence-corrected chi connectivity index (χ1v) is 12.3. The first-order valence-electron chi connectivity index (χ1n) is 9.92. The van der Waals surface area contributed by atoms with Crippen molar-refractivity contribution in [3.63, 3.8) is 0 Å². The lowest BCUT2D eigenvalue weighted by Gasteiger charge is -2.40. The van der Waals surface area contributed by atoms with Crippen LogP contribution in [0.4, 0.5) is 10.1 Å². The molecule has 0 bridgehead atoms. The first kappa shape index (κ1) is 18.4. The predicted molar refractivity (Wildman–Crippen MR) is 121 cm³/mol. The molecule has 0 spiro atoms. The molecule has 2 aliphatic heterocycles. The van der Waals surface area contributed by atoms with E-state index in [-0.39, 0.29) is 18.1 Å². The third-order valence-corrected chi connectivity index (χ3v) is 8.43. The third-order valence-electron chi connectivity index (χ3n) is 6.21. The molecule has 0 saturated carbocycles. The fourth-order valence-corrected chi connectivity index (χ4v) is 7.07. The van der Waals surface area contributed by atoms with Crippen molar-refractivity contribution in [1.29, 1.82) is 0 Å². The van der Waals surface area contributed by atoms with Crippen LogP contribution in [0.25, 0.3) is 0 Å². The zero-order valence-corrected chi connectivity index (χ0v) is 19.5. The Labute approximate surface area is 189 Å². The van der Waals surface area contributed by atoms with Gasteiger partial charge in [-0.2, -0.15) is 0 Å². The van der Waals surface area contributed by atoms with Crippen LogP contribution in [-0.2, 0) is 19.3 Å². The van der Waals surface area contributed by atoms with Gasteiger partial charge in [0.2, 0.25) is 6.23 Å². The van der Waals surface area contributed by atoms with Crippen molar-refractivity contribution in [2.45, 2.75) is 44.4 Å². The number of thiophene rings is 1. The lowest BCUT2D eigenvalue weighted by atomic mass is 9.98. The molecule has 2 atom stereocenters. The number of hydrogen-bond donors (Lipinski definition) is 0. The van der Waals surface area contributed by atoms with Gasteiger partial charge < -0.3 is 9.64 Å². The largest absolute Gasteiger partial charge is 0.465 e. The molecule has 6 heteroatoms. The van der Waals surface area contributed by atoms with Crippen molar-refractivity contribution in [1.82, 2.24) is 0 Å². The summed E-state index contributed by atoms with van der Waals surface area (Å²) in [6, 6.07) is 12.1. The molecule has 0 N–H and O–H groups in total. The Kier molecular flexibility index (Phi) is 4.33. The highest BCUT2D eigenvalue weighted by Gasteiger charge is 2.44. The van der Waals surface area contributed by atoms with E-state index in [2.05, 4.69) is 61.0 Å². The van der Waals surface area contributed by atoms with E-state index in [0.29, 0.717) is 15.8 Å². The molecule has 1 aromatic heterocycles. The molecule has 0 amide bonds. The van der Waals surface area contributed by atoms with Crippen LogP contribution in [0.1, 0.15) is 51.6 Å². The summed E-state index contributed by atoms with van der Waals surface area (Å²) >= 11 is 8.90. The van der Waals surface area contributed by atoms with E-state index in [0.717, 1.165) is 29.4 Å². The van der Waals surface area contributed by atoms with Gasteiger partial charge in [0.05, 0.1) is 16.5 Å². The maximum Gasteiger partial charge on any atom is 0.208 e. The van der Waals surface area contributed by atoms with Gasteiger partial charge in [-0.15, -0.1) is 11.3 Å². The minimum absolute atomic E-state index is 0.0553. The average Bonchev–Trinajstić information content (AvgIpc) is 3.27. The van der Waals surface area contributed by atoms with Gasteiger partial charge in [0.25, 0.3) is 0 Å². The summed E-state index contributed by atoms with van der Waals surface area (Å²) in [5.74, 6) is 0.446. The molecule has 3 heterocycles. The molecule has 0 saturated heterocycles. The standard InChI is InChI=1S/C23H18Br2FNOS/c24-14-5-6-17-13(7-14)8-18-22-16(26)10-15(25)11-19(22)28-23(27(17)18)21-9-12-3-1-2-4-20(12)29-21/h5-7,9-11,18,23H,1-4,8H2. The van der Waals surface area contributed by atoms with E-state index in [4.69, 9.17) is 4.74 Å². The van der Waals surface area contributed by atoms with Crippen molar-refractivity contribution in [3.8, 4) is 5.75 Å². The van der Waals surface area contributed by atoms with Gasteiger partial charge in [0, 0.05) is 19.5 Å². The number of nitrogens with zero attached hydrogens (tertiary/aromatic N) is 1. The summed E-state index contributed by atoms with van der Waals surface area (Å²) in [7, 11) is 0. The highest BCUT2D eigenvalue weighted by molar-refractivity contribution is 9.10. The second-order valence-electron chi connectivity index (χ2n) is 7.97. The molecule has 148 valence electrons. The predicted octanol–water partition coefficient (Wildman–Crippen LogP) is 7.49. The van der Waals surface area contributed by atoms with E-state index in [1.807, 2.05) is 17.4 Å². The zero-order valence-electron chi connectivity index (χ0n) is 15.6. The molecule has 2 nitrogen and oxygen atoms in total. The summed E-state index contributed by atoms with van der Waals surface area (Å²) in [6.45, 7) is 0. The zero-order chi connectivity index (χ0) is 19.7. The number of halogens is 3. The molecule has 1 aliphatic carbocycles. The molecule has 6 rings (SSSR count). The Bertz CT molecular complexity index is 1120. The smallest absolute Gasteiger partial charge is 0.208 e. The summed E-state index contributed by atoms with van der Waals surface area (Å²) in [6.07, 6.45) is 5.41. The van der Waals surface area contributed by atoms with Crippen molar-refractivity contribution in [2.24, 2.45) is 0 Å². The number of anilines is 1. The molecular weight excluding hydrogens is 517 g/mol. The molecule has 29 heavy (non-hydrogen) atoms. The molecule has 0 radical (unpaired) electrons. The normalized spacial score (nSPS) is 21.8. The van der Waals surface area contributed by atoms with Crippen LogP contribution in [0, 0.1) is 5.82 Å². The summed E-state index contributed by atoms with van der Waals surface area (Å²) in [4.78, 5) is 5.01. The number of benzene rings is 2. The summed E-state index contributed by atoms with van der Waals surface area (Å²) in [5.41, 5.74) is 4.51. The Morgan fingerprint density at radius 2 is 1.86 bits per heavy atom. The Balaban J connectivity index is 1.53. The Morgan fingerprint density at radius 3 is 2.72 bits per heavy atom. The maximum absolute atomic E-state index is 15.0. The summed E-state index contributed by atoms with van der Waals surface area (Å²) in [5, 5.41) is 0. The fraction of sp³-hybridized carbons (Fsp3) is 0.304. The molecule has 3 aromatic rings. The Morgan fingerprint density at radius 1 is 1.00 bits per heavy atom. The molecule has 3 aliphatic rings. The topological polar surface area (TPSA) is 12.5 Å². The van der Waals surface area contributed by atoms with Crippen LogP contribution in [0.15, 0.2) is 45.3 Å². The number of hydrogen-bond acceptors (Lipinski definition) is 3. The second-order valence-corrected chi connectivity index (χ2v) is 11.0. The van der Waals surface area contributed by atoms with E-state index >= 15 is 4.39 Å². The van der Waals surface area contributed by atoms with Crippen molar-refractivity contribution >= 4 is 48.9 Å². The van der Waals surface area contributed by atoms with Gasteiger partial charge in [-0.05, 0) is 79.6 Å². The van der Waals surface area contributed by atoms with Crippen LogP contribution in [0.3, 0.4) is 0 Å². The molecule has 0 fully saturated rings. The minimum Gasteiger partial charge on any atom is -0.465 e. The van der Waals surface area contributed by atoms with Crippen LogP contribution in [0.2, 0.25) is 0 Å². The highest BCUT2D eigenvalue weighted by atomic mass is 79.9. The average molecular weight is 535 g/mol. The Hall–Kier alpha value is -1.37. The van der Waals surface area contributed by atoms with E-state index in [9.17, 15) is 0 Å². The number of rotatable bonds is 1. The van der Waals surface area contributed by atoms with Crippen LogP contribution >= 0.6 is 43.2 Å². The van der Waals surface area contributed by atoms with Crippen LogP contribution in [0.5, 0.6) is 5.75 Å². The van der Waals surface area contributed by atoms with Gasteiger partial charge in [-0.25, -0.2) is 4.39 Å². The van der Waals surface area contributed by atoms with Gasteiger partial charge >= 0.3 is 0 Å². The van der Waals surface area contributed by atoms with Gasteiger partial charge in [-0.1, -0.05) is 31.9 Å². The lowest BCUT2D eigenvalue weighted by Crippen LogP contribution is -2.37. The van der Waals surface area contributed by atoms with Crippen molar-refractivity contribution in [3.05, 3.63) is 77.6 Å². The maximum atomic E-state index is 15.0. The summed E-state index contributed by atoms with van der Waals surface area (Å²) < 4.78 is 23.3. The van der Waals surface area contributed by atoms with Crippen LogP contribution in [-0.4, -0.2) is 0 Å². The fourth-order valence-electron chi connectivity index (χ4n) is 4.96. The van der Waals surface area contributed by atoms with Gasteiger partial charge in [0.1, 0.15) is 11.6 Å². The van der Waals surface area contributed by atoms with E-state index in [1.54, 1.807) is 6.07 Å².